The fraction of sp³-hybridized carbons (Fsp3) is 0.321. The molecular weight excluding hydrogens is 1610 g/mol. The first-order valence-corrected chi connectivity index (χ1v) is 45.5. The number of hydrogen-bond donors (Lipinski definition) is 2. The molecule has 0 radical (unpaired) electrons. The molecule has 4 aliphatic heterocycles. The number of carbonyl (C=O) groups is 4. The van der Waals surface area contributed by atoms with Gasteiger partial charge in [-0.3, -0.25) is 58.4 Å². The van der Waals surface area contributed by atoms with Gasteiger partial charge in [0.15, 0.2) is 23.1 Å². The molecule has 0 amide bonds. The molecule has 2 N–H and O–H groups in total. The molecule has 0 unspecified atom stereocenters. The van der Waals surface area contributed by atoms with Crippen LogP contribution in [0.5, 0.6) is 11.5 Å². The van der Waals surface area contributed by atoms with Gasteiger partial charge in [-0.05, 0) is 199 Å². The van der Waals surface area contributed by atoms with Gasteiger partial charge >= 0.3 is 0 Å². The number of hydrogen-bond acceptors (Lipinski definition) is 14. The van der Waals surface area contributed by atoms with Crippen LogP contribution < -0.4 is 0 Å². The van der Waals surface area contributed by atoms with Gasteiger partial charge in [0.1, 0.15) is 29.0 Å². The maximum absolute atomic E-state index is 14.2. The lowest BCUT2D eigenvalue weighted by molar-refractivity contribution is 0.0190. The number of benzene rings is 12. The van der Waals surface area contributed by atoms with E-state index < -0.39 is 0 Å². The number of carbonyl (C=O) groups excluding carboxylic acids is 4. The molecule has 0 aliphatic carbocycles. The van der Waals surface area contributed by atoms with Crippen LogP contribution in [-0.2, 0) is 26.2 Å². The molecule has 4 aliphatic rings. The number of phenolic OH excluding ortho intramolecular Hbond substituents is 2. The van der Waals surface area contributed by atoms with Crippen LogP contribution in [0.15, 0.2) is 309 Å². The zero-order chi connectivity index (χ0) is 91.5. The van der Waals surface area contributed by atoms with Gasteiger partial charge in [0.25, 0.3) is 0 Å². The van der Waals surface area contributed by atoms with E-state index in [1.165, 1.54) is 46.0 Å². The van der Waals surface area contributed by atoms with E-state index in [1.54, 1.807) is 70.2 Å². The summed E-state index contributed by atoms with van der Waals surface area (Å²) in [7, 11) is 0. The predicted octanol–water partition coefficient (Wildman–Crippen LogP) is 22.1. The van der Waals surface area contributed by atoms with Crippen molar-refractivity contribution in [3.8, 4) is 11.5 Å². The predicted molar refractivity (Wildman–Crippen MR) is 512 cm³/mol. The fourth-order valence-electron chi connectivity index (χ4n) is 19.2. The van der Waals surface area contributed by atoms with Crippen molar-refractivity contribution >= 4 is 23.1 Å². The average Bonchev–Trinajstić information content (AvgIpc) is 0.799. The van der Waals surface area contributed by atoms with E-state index >= 15 is 0 Å². The number of Topliss-reactive ketones (excluding diaryl/α,β-unsaturated/α-hetero) is 4. The Morgan fingerprint density at radius 1 is 0.264 bits per heavy atom. The van der Waals surface area contributed by atoms with Gasteiger partial charge in [-0.2, -0.15) is 0 Å². The standard InChI is InChI=1S/C28H31FN2O2.2C28H31FN2O.C28H32N2O2/c1-19-17-31(20(2)16-30(19)18-22-6-4-8-26(29)14-22)28(25-7-5-9-27(33)15-25)24-12-10-23(11-13-24)21(3)32;1-20-18-31(21(2)17-30(20)19-23-8-7-11-27(29)16-23)28(25-9-5-4-6-10-25)26-14-12-24(13-15-26)22(3)32;1-20-18-31(21(2)17-30(20)19-26-11-7-8-12-27(26)29)28(24-9-5-4-6-10-24)25-15-13-23(14-16-25)22(3)32;1-20-18-30(21(2)17-29(20)19-23-8-5-4-6-9-23)28(26-10-7-11-27(32)16-26)25-14-12-24(13-15-25)22(3)31/h4-15,19-20,28,33H,16-18H2,1-3H3;2*4-16,20-21,28H,17-19H2,1-3H3;4-16,20-21,28,32H,17-19H2,1-3H3/t19-,20+,28-;2*20-,21+,28+;20-,21+,28-/m1111/s1. The molecule has 4 fully saturated rings. The van der Waals surface area contributed by atoms with Crippen molar-refractivity contribution in [2.45, 2.75) is 182 Å². The summed E-state index contributed by atoms with van der Waals surface area (Å²) in [4.78, 5) is 66.9. The summed E-state index contributed by atoms with van der Waals surface area (Å²) in [5, 5.41) is 20.3. The molecule has 16 rings (SSSR count). The van der Waals surface area contributed by atoms with E-state index in [4.69, 9.17) is 0 Å². The molecule has 129 heavy (non-hydrogen) atoms. The highest BCUT2D eigenvalue weighted by Gasteiger charge is 2.40. The Hall–Kier alpha value is -11.6. The summed E-state index contributed by atoms with van der Waals surface area (Å²) >= 11 is 0. The summed E-state index contributed by atoms with van der Waals surface area (Å²) < 4.78 is 41.6. The Labute approximate surface area is 761 Å². The van der Waals surface area contributed by atoms with Crippen LogP contribution in [0, 0.1) is 17.5 Å². The second-order valence-corrected chi connectivity index (χ2v) is 36.0. The third-order valence-corrected chi connectivity index (χ3v) is 26.2. The Bertz CT molecular complexity index is 5660. The van der Waals surface area contributed by atoms with Gasteiger partial charge in [-0.25, -0.2) is 13.2 Å². The molecule has 0 spiro atoms. The van der Waals surface area contributed by atoms with Crippen molar-refractivity contribution in [2.24, 2.45) is 0 Å². The minimum Gasteiger partial charge on any atom is -0.508 e. The zero-order valence-electron chi connectivity index (χ0n) is 76.6. The first-order chi connectivity index (χ1) is 62.1. The number of halogens is 3. The molecule has 0 aromatic heterocycles. The summed E-state index contributed by atoms with van der Waals surface area (Å²) in [5.74, 6) is 0.273. The van der Waals surface area contributed by atoms with E-state index in [1.807, 2.05) is 127 Å². The average molecular weight is 1740 g/mol. The van der Waals surface area contributed by atoms with Crippen LogP contribution in [0.2, 0.25) is 0 Å². The molecule has 12 aromatic rings. The second kappa shape index (κ2) is 44.6. The SMILES string of the molecule is CC(=O)c1ccc([C@H](c2cccc(O)c2)N2C[C@@H](C)N(Cc3cccc(F)c3)C[C@@H]2C)cc1.CC(=O)c1ccc([C@H](c2cccc(O)c2)N2C[C@@H](C)N(Cc3ccccc3)C[C@@H]2C)cc1.CC(=O)c1ccc([C@H](c2ccccc2)N2C[C@@H](C)N(Cc3cccc(F)c3)C[C@@H]2C)cc1.CC(=O)c1ccc([C@H](c2ccccc2)N2C[C@@H](C)N(Cc3ccccc3F)C[C@@H]2C)cc1. The number of nitrogens with zero attached hydrogens (tertiary/aromatic N) is 8. The van der Waals surface area contributed by atoms with E-state index in [-0.39, 0.29) is 100 Å². The van der Waals surface area contributed by atoms with E-state index in [9.17, 15) is 42.6 Å². The third kappa shape index (κ3) is 24.9. The third-order valence-electron chi connectivity index (χ3n) is 26.2. The molecule has 14 nitrogen and oxygen atoms in total. The molecule has 12 atom stereocenters. The van der Waals surface area contributed by atoms with Crippen LogP contribution in [0.4, 0.5) is 13.2 Å². The van der Waals surface area contributed by atoms with Gasteiger partial charge in [0, 0.05) is 155 Å². The zero-order valence-corrected chi connectivity index (χ0v) is 76.6. The van der Waals surface area contributed by atoms with Crippen molar-refractivity contribution in [3.63, 3.8) is 0 Å². The van der Waals surface area contributed by atoms with Gasteiger partial charge in [-0.1, -0.05) is 255 Å². The quantitative estimate of drug-likeness (QED) is 0.0556. The van der Waals surface area contributed by atoms with Crippen molar-refractivity contribution in [3.05, 3.63) is 416 Å². The maximum atomic E-state index is 14.2. The highest BCUT2D eigenvalue weighted by Crippen LogP contribution is 2.41. The minimum absolute atomic E-state index is 0.0134. The number of ketones is 4. The Morgan fingerprint density at radius 3 is 0.806 bits per heavy atom. The number of aromatic hydroxyl groups is 2. The van der Waals surface area contributed by atoms with E-state index in [2.05, 4.69) is 216 Å². The Kier molecular flexibility index (Phi) is 32.8. The van der Waals surface area contributed by atoms with Crippen LogP contribution in [0.25, 0.3) is 0 Å². The number of rotatable bonds is 24. The highest BCUT2D eigenvalue weighted by molar-refractivity contribution is 5.95. The highest BCUT2D eigenvalue weighted by atomic mass is 19.1. The summed E-state index contributed by atoms with van der Waals surface area (Å²) in [6.07, 6.45) is 0. The molecule has 0 bridgehead atoms. The summed E-state index contributed by atoms with van der Waals surface area (Å²) in [6.45, 7) is 34.5. The smallest absolute Gasteiger partial charge is 0.159 e. The molecule has 0 saturated carbocycles. The Morgan fingerprint density at radius 2 is 0.512 bits per heavy atom. The molecule has 17 heteroatoms. The molecule has 12 aromatic carbocycles. The summed E-state index contributed by atoms with van der Waals surface area (Å²) in [5.41, 5.74) is 16.1. The number of phenols is 2. The van der Waals surface area contributed by atoms with Gasteiger partial charge in [0.05, 0.1) is 24.2 Å². The van der Waals surface area contributed by atoms with Crippen molar-refractivity contribution in [1.29, 1.82) is 0 Å². The normalized spacial score (nSPS) is 20.7. The monoisotopic (exact) mass is 1730 g/mol. The first kappa shape index (κ1) is 95.0. The fourth-order valence-corrected chi connectivity index (χ4v) is 19.2. The van der Waals surface area contributed by atoms with E-state index in [0.29, 0.717) is 42.8 Å². The minimum atomic E-state index is -0.204. The lowest BCUT2D eigenvalue weighted by Gasteiger charge is -2.47. The number of piperazine rings is 4. The van der Waals surface area contributed by atoms with Crippen LogP contribution in [0.1, 0.15) is 215 Å². The van der Waals surface area contributed by atoms with Gasteiger partial charge in [0.2, 0.25) is 0 Å². The van der Waals surface area contributed by atoms with Crippen molar-refractivity contribution in [1.82, 2.24) is 39.2 Å². The summed E-state index contributed by atoms with van der Waals surface area (Å²) in [6, 6.07) is 102. The Balaban J connectivity index is 0.000000147. The molecule has 4 heterocycles. The first-order valence-electron chi connectivity index (χ1n) is 45.5. The van der Waals surface area contributed by atoms with Crippen LogP contribution >= 0.6 is 0 Å². The molecule has 670 valence electrons. The van der Waals surface area contributed by atoms with Gasteiger partial charge < -0.3 is 10.2 Å². The van der Waals surface area contributed by atoms with Crippen molar-refractivity contribution in [2.75, 3.05) is 52.4 Å². The van der Waals surface area contributed by atoms with Crippen molar-refractivity contribution < 1.29 is 42.6 Å². The molecule has 4 saturated heterocycles. The lowest BCUT2D eigenvalue weighted by Crippen LogP contribution is -2.56. The lowest BCUT2D eigenvalue weighted by atomic mass is 9.92. The largest absolute Gasteiger partial charge is 0.508 e. The topological polar surface area (TPSA) is 135 Å². The van der Waals surface area contributed by atoms with Gasteiger partial charge in [-0.15, -0.1) is 0 Å². The van der Waals surface area contributed by atoms with E-state index in [0.717, 1.165) is 121 Å². The molecular formula is C112H125F3N8O6. The second-order valence-electron chi connectivity index (χ2n) is 36.0. The van der Waals surface area contributed by atoms with Crippen LogP contribution in [0.3, 0.4) is 0 Å². The van der Waals surface area contributed by atoms with Crippen LogP contribution in [-0.4, -0.2) is 173 Å². The maximum Gasteiger partial charge on any atom is 0.159 e.